The zero-order valence-electron chi connectivity index (χ0n) is 15.5. The summed E-state index contributed by atoms with van der Waals surface area (Å²) in [6, 6.07) is 7.70. The smallest absolute Gasteiger partial charge is 0.223 e. The number of likely N-dealkylation sites (tertiary alicyclic amines) is 1. The SMILES string of the molecule is COc1cccc(CN(C)C(=O)C[C@@H]2CN(C(C)=O)CC[C@H]2OC)c1. The first-order chi connectivity index (χ1) is 11.9. The van der Waals surface area contributed by atoms with E-state index < -0.39 is 0 Å². The summed E-state index contributed by atoms with van der Waals surface area (Å²) in [7, 11) is 5.10. The molecule has 25 heavy (non-hydrogen) atoms. The summed E-state index contributed by atoms with van der Waals surface area (Å²) in [5.74, 6) is 0.919. The second kappa shape index (κ2) is 8.85. The molecule has 1 aromatic carbocycles. The van der Waals surface area contributed by atoms with Gasteiger partial charge in [0.1, 0.15) is 5.75 Å². The summed E-state index contributed by atoms with van der Waals surface area (Å²) in [6.07, 6.45) is 1.17. The van der Waals surface area contributed by atoms with Crippen LogP contribution in [0, 0.1) is 5.92 Å². The zero-order valence-corrected chi connectivity index (χ0v) is 15.5. The van der Waals surface area contributed by atoms with E-state index in [-0.39, 0.29) is 23.8 Å². The van der Waals surface area contributed by atoms with Crippen LogP contribution in [0.4, 0.5) is 0 Å². The standard InChI is InChI=1S/C19H28N2O4/c1-14(22)21-9-8-18(25-4)16(13-21)11-19(23)20(2)12-15-6-5-7-17(10-15)24-3/h5-7,10,16,18H,8-9,11-13H2,1-4H3/t16-,18-/m1/s1. The minimum atomic E-state index is 0.0183. The van der Waals surface area contributed by atoms with Gasteiger partial charge in [-0.3, -0.25) is 9.59 Å². The highest BCUT2D eigenvalue weighted by atomic mass is 16.5. The highest BCUT2D eigenvalue weighted by Gasteiger charge is 2.32. The molecule has 0 unspecified atom stereocenters. The first kappa shape index (κ1) is 19.2. The molecule has 1 aliphatic heterocycles. The summed E-state index contributed by atoms with van der Waals surface area (Å²) in [6.45, 7) is 3.36. The normalized spacial score (nSPS) is 20.2. The Balaban J connectivity index is 1.97. The fraction of sp³-hybridized carbons (Fsp3) is 0.579. The second-order valence-corrected chi connectivity index (χ2v) is 6.59. The van der Waals surface area contributed by atoms with Gasteiger partial charge in [0, 0.05) is 53.1 Å². The van der Waals surface area contributed by atoms with E-state index in [4.69, 9.17) is 9.47 Å². The minimum Gasteiger partial charge on any atom is -0.497 e. The number of nitrogens with zero attached hydrogens (tertiary/aromatic N) is 2. The van der Waals surface area contributed by atoms with Crippen molar-refractivity contribution in [3.05, 3.63) is 29.8 Å². The maximum Gasteiger partial charge on any atom is 0.223 e. The molecule has 1 heterocycles. The van der Waals surface area contributed by atoms with Gasteiger partial charge in [-0.2, -0.15) is 0 Å². The van der Waals surface area contributed by atoms with Gasteiger partial charge in [0.15, 0.2) is 0 Å². The van der Waals surface area contributed by atoms with Crippen LogP contribution in [0.25, 0.3) is 0 Å². The quantitative estimate of drug-likeness (QED) is 0.788. The van der Waals surface area contributed by atoms with Gasteiger partial charge in [-0.05, 0) is 24.1 Å². The molecule has 2 atom stereocenters. The Morgan fingerprint density at radius 3 is 2.72 bits per heavy atom. The van der Waals surface area contributed by atoms with Gasteiger partial charge in [-0.1, -0.05) is 12.1 Å². The van der Waals surface area contributed by atoms with E-state index in [0.717, 1.165) is 17.7 Å². The molecule has 1 saturated heterocycles. The first-order valence-corrected chi connectivity index (χ1v) is 8.59. The van der Waals surface area contributed by atoms with Gasteiger partial charge in [0.05, 0.1) is 13.2 Å². The van der Waals surface area contributed by atoms with E-state index in [1.54, 1.807) is 38.0 Å². The molecule has 138 valence electrons. The molecule has 1 aromatic rings. The van der Waals surface area contributed by atoms with E-state index in [9.17, 15) is 9.59 Å². The lowest BCUT2D eigenvalue weighted by molar-refractivity contribution is -0.139. The molecule has 0 aliphatic carbocycles. The molecule has 0 spiro atoms. The van der Waals surface area contributed by atoms with E-state index in [0.29, 0.717) is 26.1 Å². The third kappa shape index (κ3) is 5.19. The van der Waals surface area contributed by atoms with Crippen molar-refractivity contribution < 1.29 is 19.1 Å². The number of amides is 2. The van der Waals surface area contributed by atoms with Crippen LogP contribution in [0.2, 0.25) is 0 Å². The van der Waals surface area contributed by atoms with Gasteiger partial charge in [-0.25, -0.2) is 0 Å². The van der Waals surface area contributed by atoms with E-state index in [1.165, 1.54) is 0 Å². The Bertz CT molecular complexity index is 605. The number of hydrogen-bond acceptors (Lipinski definition) is 4. The molecular weight excluding hydrogens is 320 g/mol. The van der Waals surface area contributed by atoms with Crippen LogP contribution in [0.5, 0.6) is 5.75 Å². The molecule has 0 N–H and O–H groups in total. The molecule has 0 radical (unpaired) electrons. The number of carbonyl (C=O) groups is 2. The van der Waals surface area contributed by atoms with Crippen molar-refractivity contribution in [3.8, 4) is 5.75 Å². The highest BCUT2D eigenvalue weighted by molar-refractivity contribution is 5.77. The highest BCUT2D eigenvalue weighted by Crippen LogP contribution is 2.24. The maximum absolute atomic E-state index is 12.6. The number of hydrogen-bond donors (Lipinski definition) is 0. The van der Waals surface area contributed by atoms with Crippen molar-refractivity contribution in [3.63, 3.8) is 0 Å². The van der Waals surface area contributed by atoms with Gasteiger partial charge >= 0.3 is 0 Å². The molecule has 6 nitrogen and oxygen atoms in total. The summed E-state index contributed by atoms with van der Waals surface area (Å²) in [5, 5.41) is 0. The van der Waals surface area contributed by atoms with Crippen LogP contribution in [0.15, 0.2) is 24.3 Å². The predicted octanol–water partition coefficient (Wildman–Crippen LogP) is 1.93. The molecule has 2 rings (SSSR count). The Hall–Kier alpha value is -2.08. The van der Waals surface area contributed by atoms with Crippen molar-refractivity contribution >= 4 is 11.8 Å². The lowest BCUT2D eigenvalue weighted by Crippen LogP contribution is -2.47. The van der Waals surface area contributed by atoms with Crippen LogP contribution in [0.1, 0.15) is 25.3 Å². The number of piperidine rings is 1. The number of rotatable bonds is 6. The van der Waals surface area contributed by atoms with Crippen LogP contribution in [0.3, 0.4) is 0 Å². The minimum absolute atomic E-state index is 0.0183. The second-order valence-electron chi connectivity index (χ2n) is 6.59. The Kier molecular flexibility index (Phi) is 6.82. The van der Waals surface area contributed by atoms with Crippen LogP contribution in [-0.4, -0.2) is 62.1 Å². The molecule has 1 aliphatic rings. The zero-order chi connectivity index (χ0) is 18.4. The predicted molar refractivity (Wildman–Crippen MR) is 95.2 cm³/mol. The molecule has 2 amide bonds. The topological polar surface area (TPSA) is 59.1 Å². The average molecular weight is 348 g/mol. The van der Waals surface area contributed by atoms with Gasteiger partial charge in [-0.15, -0.1) is 0 Å². The average Bonchev–Trinajstić information content (AvgIpc) is 2.61. The van der Waals surface area contributed by atoms with Gasteiger partial charge in [0.2, 0.25) is 11.8 Å². The van der Waals surface area contributed by atoms with E-state index in [1.807, 2.05) is 24.3 Å². The first-order valence-electron chi connectivity index (χ1n) is 8.59. The van der Waals surface area contributed by atoms with E-state index >= 15 is 0 Å². The van der Waals surface area contributed by atoms with Gasteiger partial charge in [0.25, 0.3) is 0 Å². The van der Waals surface area contributed by atoms with E-state index in [2.05, 4.69) is 0 Å². The monoisotopic (exact) mass is 348 g/mol. The third-order valence-electron chi connectivity index (χ3n) is 4.83. The fourth-order valence-corrected chi connectivity index (χ4v) is 3.32. The molecule has 0 bridgehead atoms. The Labute approximate surface area is 149 Å². The Morgan fingerprint density at radius 2 is 2.08 bits per heavy atom. The summed E-state index contributed by atoms with van der Waals surface area (Å²) in [4.78, 5) is 27.8. The third-order valence-corrected chi connectivity index (χ3v) is 4.83. The molecule has 0 saturated carbocycles. The lowest BCUT2D eigenvalue weighted by atomic mass is 9.91. The Morgan fingerprint density at radius 1 is 1.32 bits per heavy atom. The number of carbonyl (C=O) groups excluding carboxylic acids is 2. The van der Waals surface area contributed by atoms with Crippen molar-refractivity contribution in [2.24, 2.45) is 5.92 Å². The van der Waals surface area contributed by atoms with Crippen molar-refractivity contribution in [1.29, 1.82) is 0 Å². The van der Waals surface area contributed by atoms with Crippen molar-refractivity contribution in [2.45, 2.75) is 32.4 Å². The van der Waals surface area contributed by atoms with Crippen LogP contribution >= 0.6 is 0 Å². The number of benzene rings is 1. The van der Waals surface area contributed by atoms with Gasteiger partial charge < -0.3 is 19.3 Å². The molecule has 0 aromatic heterocycles. The van der Waals surface area contributed by atoms with Crippen LogP contribution < -0.4 is 4.74 Å². The van der Waals surface area contributed by atoms with Crippen molar-refractivity contribution in [1.82, 2.24) is 9.80 Å². The van der Waals surface area contributed by atoms with Crippen molar-refractivity contribution in [2.75, 3.05) is 34.4 Å². The maximum atomic E-state index is 12.6. The summed E-state index contributed by atoms with van der Waals surface area (Å²) >= 11 is 0. The molecule has 1 fully saturated rings. The number of ether oxygens (including phenoxy) is 2. The summed E-state index contributed by atoms with van der Waals surface area (Å²) < 4.78 is 10.8. The molecule has 6 heteroatoms. The largest absolute Gasteiger partial charge is 0.497 e. The van der Waals surface area contributed by atoms with Crippen LogP contribution in [-0.2, 0) is 20.9 Å². The number of methoxy groups -OCH3 is 2. The molecular formula is C19H28N2O4. The summed E-state index contributed by atoms with van der Waals surface area (Å²) in [5.41, 5.74) is 1.02. The fourth-order valence-electron chi connectivity index (χ4n) is 3.32. The lowest BCUT2D eigenvalue weighted by Gasteiger charge is -2.37.